The summed E-state index contributed by atoms with van der Waals surface area (Å²) in [5, 5.41) is 5.83. The van der Waals surface area contributed by atoms with Crippen LogP contribution in [-0.4, -0.2) is 18.4 Å². The Balaban J connectivity index is 1.60. The molecule has 2 amide bonds. The van der Waals surface area contributed by atoms with E-state index in [1.54, 1.807) is 42.5 Å². The molecular weight excluding hydrogens is 376 g/mol. The highest BCUT2D eigenvalue weighted by molar-refractivity contribution is 6.04. The van der Waals surface area contributed by atoms with Crippen molar-refractivity contribution in [2.24, 2.45) is 0 Å². The molecule has 3 aromatic rings. The summed E-state index contributed by atoms with van der Waals surface area (Å²) in [7, 11) is 0. The maximum absolute atomic E-state index is 12.5. The Kier molecular flexibility index (Phi) is 7.22. The number of amides is 2. The monoisotopic (exact) mass is 402 g/mol. The summed E-state index contributed by atoms with van der Waals surface area (Å²) in [5.74, 6) is 0.279. The Hall–Kier alpha value is -3.60. The van der Waals surface area contributed by atoms with Crippen molar-refractivity contribution in [3.05, 3.63) is 95.6 Å². The van der Waals surface area contributed by atoms with Gasteiger partial charge in [0.1, 0.15) is 5.75 Å². The zero-order chi connectivity index (χ0) is 21.3. The quantitative estimate of drug-likeness (QED) is 0.543. The Labute approximate surface area is 177 Å². The van der Waals surface area contributed by atoms with E-state index in [1.165, 1.54) is 0 Å². The summed E-state index contributed by atoms with van der Waals surface area (Å²) < 4.78 is 5.58. The molecular formula is C25H26N2O3. The van der Waals surface area contributed by atoms with Crippen molar-refractivity contribution < 1.29 is 14.3 Å². The molecule has 0 heterocycles. The molecule has 30 heavy (non-hydrogen) atoms. The molecule has 0 fully saturated rings. The zero-order valence-corrected chi connectivity index (χ0v) is 17.2. The van der Waals surface area contributed by atoms with Crippen molar-refractivity contribution in [2.45, 2.75) is 26.3 Å². The summed E-state index contributed by atoms with van der Waals surface area (Å²) in [5.41, 5.74) is 2.71. The third kappa shape index (κ3) is 5.70. The maximum Gasteiger partial charge on any atom is 0.255 e. The van der Waals surface area contributed by atoms with Crippen molar-refractivity contribution in [3.8, 4) is 5.75 Å². The van der Waals surface area contributed by atoms with Crippen molar-refractivity contribution >= 4 is 17.5 Å². The molecule has 3 rings (SSSR count). The van der Waals surface area contributed by atoms with E-state index in [9.17, 15) is 9.59 Å². The first-order valence-electron chi connectivity index (χ1n) is 10.1. The summed E-state index contributed by atoms with van der Waals surface area (Å²) in [6.07, 6.45) is 0.903. The van der Waals surface area contributed by atoms with Gasteiger partial charge in [-0.2, -0.15) is 0 Å². The van der Waals surface area contributed by atoms with Crippen molar-refractivity contribution in [2.75, 3.05) is 11.9 Å². The van der Waals surface area contributed by atoms with Crippen LogP contribution >= 0.6 is 0 Å². The molecule has 0 saturated heterocycles. The maximum atomic E-state index is 12.5. The molecule has 0 aromatic heterocycles. The first kappa shape index (κ1) is 21.1. The van der Waals surface area contributed by atoms with Crippen molar-refractivity contribution in [1.29, 1.82) is 0 Å². The van der Waals surface area contributed by atoms with Crippen LogP contribution in [0.3, 0.4) is 0 Å². The highest BCUT2D eigenvalue weighted by Crippen LogP contribution is 2.17. The third-order valence-electron chi connectivity index (χ3n) is 4.62. The van der Waals surface area contributed by atoms with E-state index in [0.29, 0.717) is 29.2 Å². The van der Waals surface area contributed by atoms with E-state index >= 15 is 0 Å². The van der Waals surface area contributed by atoms with Crippen molar-refractivity contribution in [1.82, 2.24) is 5.32 Å². The van der Waals surface area contributed by atoms with E-state index < -0.39 is 0 Å². The van der Waals surface area contributed by atoms with Gasteiger partial charge in [-0.3, -0.25) is 9.59 Å². The van der Waals surface area contributed by atoms with Crippen LogP contribution in [-0.2, 0) is 0 Å². The van der Waals surface area contributed by atoms with Crippen LogP contribution in [0.15, 0.2) is 78.9 Å². The lowest BCUT2D eigenvalue weighted by molar-refractivity contribution is 0.0939. The minimum Gasteiger partial charge on any atom is -0.494 e. The fourth-order valence-corrected chi connectivity index (χ4v) is 2.96. The first-order valence-corrected chi connectivity index (χ1v) is 10.1. The van der Waals surface area contributed by atoms with Gasteiger partial charge < -0.3 is 15.4 Å². The highest BCUT2D eigenvalue weighted by Gasteiger charge is 2.12. The Morgan fingerprint density at radius 1 is 0.867 bits per heavy atom. The molecule has 154 valence electrons. The van der Waals surface area contributed by atoms with Gasteiger partial charge in [0.15, 0.2) is 0 Å². The molecule has 5 nitrogen and oxygen atoms in total. The first-order chi connectivity index (χ1) is 14.6. The predicted octanol–water partition coefficient (Wildman–Crippen LogP) is 5.22. The molecule has 0 spiro atoms. The summed E-state index contributed by atoms with van der Waals surface area (Å²) in [4.78, 5) is 25.0. The molecule has 0 saturated carbocycles. The molecule has 3 aromatic carbocycles. The van der Waals surface area contributed by atoms with Crippen LogP contribution in [0.1, 0.15) is 52.6 Å². The van der Waals surface area contributed by atoms with Crippen LogP contribution in [0.5, 0.6) is 5.75 Å². The topological polar surface area (TPSA) is 67.4 Å². The standard InChI is InChI=1S/C25H26N2O3/c1-3-16-30-23-11-7-10-21(17-23)25(29)27-22-14-12-20(13-15-22)24(28)26-18(2)19-8-5-4-6-9-19/h4-15,17-18H,3,16H2,1-2H3,(H,26,28)(H,27,29). The summed E-state index contributed by atoms with van der Waals surface area (Å²) >= 11 is 0. The van der Waals surface area contributed by atoms with Gasteiger partial charge in [0.2, 0.25) is 0 Å². The van der Waals surface area contributed by atoms with Gasteiger partial charge in [-0.25, -0.2) is 0 Å². The number of hydrogen-bond donors (Lipinski definition) is 2. The largest absolute Gasteiger partial charge is 0.494 e. The van der Waals surface area contributed by atoms with Gasteiger partial charge in [-0.15, -0.1) is 0 Å². The van der Waals surface area contributed by atoms with E-state index in [4.69, 9.17) is 4.74 Å². The number of hydrogen-bond acceptors (Lipinski definition) is 3. The second kappa shape index (κ2) is 10.3. The van der Waals surface area contributed by atoms with Crippen LogP contribution in [0.4, 0.5) is 5.69 Å². The molecule has 0 aliphatic carbocycles. The highest BCUT2D eigenvalue weighted by atomic mass is 16.5. The second-order valence-corrected chi connectivity index (χ2v) is 7.01. The minimum atomic E-state index is -0.230. The number of rotatable bonds is 8. The number of carbonyl (C=O) groups is 2. The second-order valence-electron chi connectivity index (χ2n) is 7.01. The Bertz CT molecular complexity index is 985. The van der Waals surface area contributed by atoms with Crippen LogP contribution in [0.2, 0.25) is 0 Å². The van der Waals surface area contributed by atoms with Gasteiger partial charge in [-0.05, 0) is 61.4 Å². The van der Waals surface area contributed by atoms with Crippen LogP contribution in [0, 0.1) is 0 Å². The predicted molar refractivity (Wildman–Crippen MR) is 119 cm³/mol. The van der Waals surface area contributed by atoms with Gasteiger partial charge in [0, 0.05) is 16.8 Å². The number of ether oxygens (including phenoxy) is 1. The van der Waals surface area contributed by atoms with Crippen LogP contribution in [0.25, 0.3) is 0 Å². The van der Waals surface area contributed by atoms with Gasteiger partial charge in [0.25, 0.3) is 11.8 Å². The average Bonchev–Trinajstić information content (AvgIpc) is 2.79. The van der Waals surface area contributed by atoms with Gasteiger partial charge in [-0.1, -0.05) is 43.3 Å². The average molecular weight is 402 g/mol. The lowest BCUT2D eigenvalue weighted by Gasteiger charge is -2.14. The fraction of sp³-hybridized carbons (Fsp3) is 0.200. The van der Waals surface area contributed by atoms with E-state index in [1.807, 2.05) is 50.2 Å². The van der Waals surface area contributed by atoms with Gasteiger partial charge in [0.05, 0.1) is 12.6 Å². The SMILES string of the molecule is CCCOc1cccc(C(=O)Nc2ccc(C(=O)NC(C)c3ccccc3)cc2)c1. The number of nitrogens with one attached hydrogen (secondary N) is 2. The Morgan fingerprint density at radius 2 is 1.60 bits per heavy atom. The fourth-order valence-electron chi connectivity index (χ4n) is 2.96. The minimum absolute atomic E-state index is 0.0970. The summed E-state index contributed by atoms with van der Waals surface area (Å²) in [6, 6.07) is 23.6. The van der Waals surface area contributed by atoms with E-state index in [0.717, 1.165) is 12.0 Å². The molecule has 0 aliphatic heterocycles. The zero-order valence-electron chi connectivity index (χ0n) is 17.2. The number of benzene rings is 3. The lowest BCUT2D eigenvalue weighted by atomic mass is 10.1. The van der Waals surface area contributed by atoms with E-state index in [2.05, 4.69) is 10.6 Å². The Morgan fingerprint density at radius 3 is 2.30 bits per heavy atom. The normalized spacial score (nSPS) is 11.4. The molecule has 0 radical (unpaired) electrons. The molecule has 0 bridgehead atoms. The molecule has 5 heteroatoms. The van der Waals surface area contributed by atoms with Crippen molar-refractivity contribution in [3.63, 3.8) is 0 Å². The smallest absolute Gasteiger partial charge is 0.255 e. The molecule has 1 unspecified atom stereocenters. The summed E-state index contributed by atoms with van der Waals surface area (Å²) in [6.45, 7) is 4.58. The molecule has 0 aliphatic rings. The third-order valence-corrected chi connectivity index (χ3v) is 4.62. The molecule has 1 atom stereocenters. The lowest BCUT2D eigenvalue weighted by Crippen LogP contribution is -2.26. The van der Waals surface area contributed by atoms with E-state index in [-0.39, 0.29) is 17.9 Å². The molecule has 2 N–H and O–H groups in total. The van der Waals surface area contributed by atoms with Gasteiger partial charge >= 0.3 is 0 Å². The number of carbonyl (C=O) groups excluding carboxylic acids is 2. The van der Waals surface area contributed by atoms with Crippen LogP contribution < -0.4 is 15.4 Å². The number of anilines is 1.